The van der Waals surface area contributed by atoms with Gasteiger partial charge >= 0.3 is 6.18 Å². The monoisotopic (exact) mass is 295 g/mol. The lowest BCUT2D eigenvalue weighted by molar-refractivity contribution is -0.137. The molecule has 19 heavy (non-hydrogen) atoms. The molecule has 0 saturated heterocycles. The second kappa shape index (κ2) is 5.50. The normalized spacial score (nSPS) is 14.7. The second-order valence-electron chi connectivity index (χ2n) is 4.68. The van der Waals surface area contributed by atoms with Gasteiger partial charge in [0, 0.05) is 6.04 Å². The predicted molar refractivity (Wildman–Crippen MR) is 66.1 cm³/mol. The highest BCUT2D eigenvalue weighted by atomic mass is 32.2. The van der Waals surface area contributed by atoms with E-state index in [1.54, 1.807) is 6.92 Å². The Balaban J connectivity index is 3.09. The molecule has 0 aliphatic rings. The number of rotatable bonds is 4. The van der Waals surface area contributed by atoms with E-state index in [9.17, 15) is 21.6 Å². The van der Waals surface area contributed by atoms with Crippen molar-refractivity contribution in [1.29, 1.82) is 0 Å². The zero-order chi connectivity index (χ0) is 14.8. The fourth-order valence-corrected chi connectivity index (χ4v) is 2.73. The first-order chi connectivity index (χ1) is 8.54. The van der Waals surface area contributed by atoms with Gasteiger partial charge in [-0.1, -0.05) is 19.9 Å². The van der Waals surface area contributed by atoms with Crippen LogP contribution < -0.4 is 4.72 Å². The van der Waals surface area contributed by atoms with Crippen molar-refractivity contribution >= 4 is 10.0 Å². The maximum atomic E-state index is 12.5. The van der Waals surface area contributed by atoms with E-state index >= 15 is 0 Å². The maximum absolute atomic E-state index is 12.5. The number of sulfonamides is 1. The highest BCUT2D eigenvalue weighted by Crippen LogP contribution is 2.30. The number of nitrogens with one attached hydrogen (secondary N) is 1. The quantitative estimate of drug-likeness (QED) is 0.928. The van der Waals surface area contributed by atoms with Gasteiger partial charge < -0.3 is 0 Å². The van der Waals surface area contributed by atoms with Crippen LogP contribution in [0.2, 0.25) is 0 Å². The molecular weight excluding hydrogens is 279 g/mol. The summed E-state index contributed by atoms with van der Waals surface area (Å²) in [5.41, 5.74) is -0.979. The highest BCUT2D eigenvalue weighted by molar-refractivity contribution is 7.89. The average Bonchev–Trinajstić information content (AvgIpc) is 2.27. The molecule has 1 N–H and O–H groups in total. The van der Waals surface area contributed by atoms with E-state index in [0.29, 0.717) is 6.07 Å². The van der Waals surface area contributed by atoms with E-state index in [2.05, 4.69) is 4.72 Å². The first-order valence-corrected chi connectivity index (χ1v) is 7.22. The Morgan fingerprint density at radius 3 is 2.21 bits per heavy atom. The van der Waals surface area contributed by atoms with Crippen molar-refractivity contribution < 1.29 is 21.6 Å². The van der Waals surface area contributed by atoms with Crippen LogP contribution >= 0.6 is 0 Å². The van der Waals surface area contributed by atoms with Crippen molar-refractivity contribution in [2.75, 3.05) is 0 Å². The van der Waals surface area contributed by atoms with Crippen LogP contribution in [-0.2, 0) is 16.2 Å². The van der Waals surface area contributed by atoms with Crippen LogP contribution in [0, 0.1) is 5.92 Å². The van der Waals surface area contributed by atoms with E-state index in [1.165, 1.54) is 0 Å². The molecule has 1 unspecified atom stereocenters. The van der Waals surface area contributed by atoms with E-state index in [4.69, 9.17) is 0 Å². The van der Waals surface area contributed by atoms with Crippen molar-refractivity contribution in [3.63, 3.8) is 0 Å². The number of hydrogen-bond acceptors (Lipinski definition) is 2. The molecule has 0 bridgehead atoms. The standard InChI is InChI=1S/C12H16F3NO2S/c1-8(2)9(3)16-19(17,18)11-6-4-5-10(7-11)12(13,14)15/h4-9,16H,1-3H3. The van der Waals surface area contributed by atoms with Gasteiger partial charge in [-0.3, -0.25) is 0 Å². The lowest BCUT2D eigenvalue weighted by atomic mass is 10.1. The molecule has 7 heteroatoms. The van der Waals surface area contributed by atoms with E-state index < -0.39 is 21.8 Å². The van der Waals surface area contributed by atoms with Crippen LogP contribution in [0.4, 0.5) is 13.2 Å². The molecule has 1 aromatic rings. The Bertz CT molecular complexity index is 538. The van der Waals surface area contributed by atoms with Gasteiger partial charge in [0.15, 0.2) is 0 Å². The summed E-state index contributed by atoms with van der Waals surface area (Å²) in [6.45, 7) is 5.30. The second-order valence-corrected chi connectivity index (χ2v) is 6.39. The third kappa shape index (κ3) is 4.21. The van der Waals surface area contributed by atoms with Crippen molar-refractivity contribution in [3.8, 4) is 0 Å². The van der Waals surface area contributed by atoms with Crippen LogP contribution in [-0.4, -0.2) is 14.5 Å². The molecule has 1 atom stereocenters. The Morgan fingerprint density at radius 1 is 1.16 bits per heavy atom. The molecule has 1 rings (SSSR count). The van der Waals surface area contributed by atoms with Gasteiger partial charge in [0.2, 0.25) is 10.0 Å². The van der Waals surface area contributed by atoms with Gasteiger partial charge in [-0.15, -0.1) is 0 Å². The molecule has 0 radical (unpaired) electrons. The maximum Gasteiger partial charge on any atom is 0.416 e. The summed E-state index contributed by atoms with van der Waals surface area (Å²) in [5.74, 6) is 0.0422. The minimum absolute atomic E-state index is 0.0422. The van der Waals surface area contributed by atoms with Crippen LogP contribution in [0.5, 0.6) is 0 Å². The van der Waals surface area contributed by atoms with Crippen molar-refractivity contribution in [1.82, 2.24) is 4.72 Å². The predicted octanol–water partition coefficient (Wildman–Crippen LogP) is 3.03. The summed E-state index contributed by atoms with van der Waals surface area (Å²) in [5, 5.41) is 0. The van der Waals surface area contributed by atoms with E-state index in [1.807, 2.05) is 13.8 Å². The molecule has 0 amide bonds. The van der Waals surface area contributed by atoms with Crippen LogP contribution in [0.3, 0.4) is 0 Å². The average molecular weight is 295 g/mol. The molecule has 0 fully saturated rings. The highest BCUT2D eigenvalue weighted by Gasteiger charge is 2.31. The fraction of sp³-hybridized carbons (Fsp3) is 0.500. The third-order valence-electron chi connectivity index (χ3n) is 2.81. The largest absolute Gasteiger partial charge is 0.416 e. The van der Waals surface area contributed by atoms with E-state index in [0.717, 1.165) is 18.2 Å². The van der Waals surface area contributed by atoms with Crippen LogP contribution in [0.1, 0.15) is 26.3 Å². The first kappa shape index (κ1) is 16.0. The zero-order valence-corrected chi connectivity index (χ0v) is 11.6. The molecule has 3 nitrogen and oxygen atoms in total. The number of hydrogen-bond donors (Lipinski definition) is 1. The lowest BCUT2D eigenvalue weighted by Gasteiger charge is -2.18. The Hall–Kier alpha value is -1.08. The molecule has 0 spiro atoms. The Morgan fingerprint density at radius 2 is 1.74 bits per heavy atom. The summed E-state index contributed by atoms with van der Waals surface area (Å²) in [6.07, 6.45) is -4.56. The minimum atomic E-state index is -4.56. The summed E-state index contributed by atoms with van der Waals surface area (Å²) in [7, 11) is -3.94. The van der Waals surface area contributed by atoms with E-state index in [-0.39, 0.29) is 16.9 Å². The molecular formula is C12H16F3NO2S. The summed E-state index contributed by atoms with van der Waals surface area (Å²) in [6, 6.07) is 3.34. The SMILES string of the molecule is CC(C)C(C)NS(=O)(=O)c1cccc(C(F)(F)F)c1. The van der Waals surface area contributed by atoms with Gasteiger partial charge in [-0.2, -0.15) is 13.2 Å². The molecule has 0 heterocycles. The molecule has 0 saturated carbocycles. The molecule has 0 aliphatic heterocycles. The Labute approximate surface area is 110 Å². The zero-order valence-electron chi connectivity index (χ0n) is 10.8. The smallest absolute Gasteiger partial charge is 0.208 e. The van der Waals surface area contributed by atoms with Gasteiger partial charge in [-0.25, -0.2) is 13.1 Å². The number of halogens is 3. The number of benzene rings is 1. The van der Waals surface area contributed by atoms with Crippen LogP contribution in [0.15, 0.2) is 29.2 Å². The van der Waals surface area contributed by atoms with Gasteiger partial charge in [0.25, 0.3) is 0 Å². The lowest BCUT2D eigenvalue weighted by Crippen LogP contribution is -2.36. The Kier molecular flexibility index (Phi) is 4.63. The minimum Gasteiger partial charge on any atom is -0.208 e. The molecule has 1 aromatic carbocycles. The van der Waals surface area contributed by atoms with Crippen molar-refractivity contribution in [3.05, 3.63) is 29.8 Å². The van der Waals surface area contributed by atoms with Crippen molar-refractivity contribution in [2.24, 2.45) is 5.92 Å². The van der Waals surface area contributed by atoms with Gasteiger partial charge in [0.05, 0.1) is 10.5 Å². The third-order valence-corrected chi connectivity index (χ3v) is 4.37. The van der Waals surface area contributed by atoms with Gasteiger partial charge in [-0.05, 0) is 31.0 Å². The molecule has 0 aromatic heterocycles. The van der Waals surface area contributed by atoms with Crippen molar-refractivity contribution in [2.45, 2.75) is 37.9 Å². The van der Waals surface area contributed by atoms with Crippen LogP contribution in [0.25, 0.3) is 0 Å². The molecule has 108 valence electrons. The summed E-state index contributed by atoms with van der Waals surface area (Å²) in [4.78, 5) is -0.380. The fourth-order valence-electron chi connectivity index (χ4n) is 1.29. The summed E-state index contributed by atoms with van der Waals surface area (Å²) < 4.78 is 63.8. The molecule has 0 aliphatic carbocycles. The van der Waals surface area contributed by atoms with Gasteiger partial charge in [0.1, 0.15) is 0 Å². The summed E-state index contributed by atoms with van der Waals surface area (Å²) >= 11 is 0. The first-order valence-electron chi connectivity index (χ1n) is 5.73. The number of alkyl halides is 3. The topological polar surface area (TPSA) is 46.2 Å².